The maximum absolute atomic E-state index is 6.74. The van der Waals surface area contributed by atoms with Gasteiger partial charge in [-0.25, -0.2) is 39.9 Å². The van der Waals surface area contributed by atoms with Crippen LogP contribution in [0, 0.1) is 0 Å². The molecule has 0 unspecified atom stereocenters. The lowest BCUT2D eigenvalue weighted by molar-refractivity contribution is 0.436. The highest BCUT2D eigenvalue weighted by Crippen LogP contribution is 2.65. The lowest BCUT2D eigenvalue weighted by Gasteiger charge is -2.39. The van der Waals surface area contributed by atoms with Gasteiger partial charge in [0.05, 0.1) is 33.3 Å². The van der Waals surface area contributed by atoms with Crippen LogP contribution in [0.5, 0.6) is 23.0 Å². The summed E-state index contributed by atoms with van der Waals surface area (Å²) in [6.07, 6.45) is 0. The van der Waals surface area contributed by atoms with Crippen molar-refractivity contribution >= 4 is 96.8 Å². The second-order valence-corrected chi connectivity index (χ2v) is 35.2. The summed E-state index contributed by atoms with van der Waals surface area (Å²) in [5.74, 6) is 6.75. The van der Waals surface area contributed by atoms with Gasteiger partial charge in [-0.1, -0.05) is 303 Å². The van der Waals surface area contributed by atoms with Crippen LogP contribution in [-0.2, 0) is 10.8 Å². The Labute approximate surface area is 748 Å². The molecule has 0 fully saturated rings. The van der Waals surface area contributed by atoms with E-state index in [1.165, 1.54) is 44.5 Å². The summed E-state index contributed by atoms with van der Waals surface area (Å²) in [5, 5.41) is 10.7. The normalized spacial score (nSPS) is 13.3. The van der Waals surface area contributed by atoms with E-state index in [9.17, 15) is 0 Å². The maximum atomic E-state index is 6.74. The highest BCUT2D eigenvalue weighted by atomic mass is 32.1. The number of nitrogens with zero attached hydrogens (tertiary/aromatic N) is 8. The molecule has 2 spiro atoms. The number of ether oxygens (including phenoxy) is 2. The third-order valence-electron chi connectivity index (χ3n) is 27.3. The van der Waals surface area contributed by atoms with Gasteiger partial charge in [-0.15, -0.1) is 11.3 Å². The van der Waals surface area contributed by atoms with Crippen LogP contribution in [-0.4, -0.2) is 39.9 Å². The number of hydrogen-bond acceptors (Lipinski definition) is 12. The molecule has 0 saturated carbocycles. The molecule has 0 bridgehead atoms. The topological polar surface area (TPSA) is 135 Å². The fraction of sp³-hybridized carbons (Fsp3) is 0.0169. The Kier molecular flexibility index (Phi) is 15.4. The first-order valence-electron chi connectivity index (χ1n) is 43.8. The maximum Gasteiger partial charge on any atom is 0.165 e. The molecule has 0 radical (unpaired) electrons. The monoisotopic (exact) mass is 1670 g/mol. The minimum absolute atomic E-state index is 0.526. The molecule has 0 N–H and O–H groups in total. The number of fused-ring (bicyclic) bond motifs is 30. The molecular weight excluding hydrogens is 1610 g/mol. The summed E-state index contributed by atoms with van der Waals surface area (Å²) in [6, 6.07) is 142. The van der Waals surface area contributed by atoms with Gasteiger partial charge in [0.25, 0.3) is 0 Å². The van der Waals surface area contributed by atoms with Crippen LogP contribution < -0.4 is 9.47 Å². The van der Waals surface area contributed by atoms with Gasteiger partial charge in [-0.2, -0.15) is 0 Å². The van der Waals surface area contributed by atoms with E-state index >= 15 is 0 Å². The Morgan fingerprint density at radius 1 is 0.200 bits per heavy atom. The van der Waals surface area contributed by atoms with E-state index in [1.807, 2.05) is 48.5 Å². The van der Waals surface area contributed by atoms with Crippen LogP contribution >= 0.6 is 11.3 Å². The van der Waals surface area contributed by atoms with Gasteiger partial charge < -0.3 is 13.9 Å². The number of thiophene rings is 1. The van der Waals surface area contributed by atoms with Crippen molar-refractivity contribution < 1.29 is 13.9 Å². The molecule has 602 valence electrons. The fourth-order valence-corrected chi connectivity index (χ4v) is 22.8. The van der Waals surface area contributed by atoms with Crippen LogP contribution in [0.2, 0.25) is 0 Å². The van der Waals surface area contributed by atoms with Gasteiger partial charge in [-0.05, 0) is 163 Å². The molecule has 12 heteroatoms. The number of aromatic nitrogens is 8. The zero-order valence-corrected chi connectivity index (χ0v) is 70.1. The standard InChI is InChI=1S/C118H66N8O3S/c1-2-25-69(26-3-1)111-121-112(70-55-51-67(52-56-70)108-88-63-85-75-29-4-9-37-90(75)117(96(85)65-83(88)77-31-6-15-43-98(77)119-108)92-39-11-18-46-101(92)128-102-47-19-12-40-93(102)117)125-116(124-111)82-36-23-34-79-87-62-73(59-60-106(87)130-110(79)82)72-27-22-28-74(61-72)114-122-113(123-115(126-114)81-35-24-50-105-107(81)80-33-8-17-45-100(80)127-105)71-57-53-68(54-58-71)109-89-64-86-76-30-5-10-38-91(76)118(97(86)66-84(89)78-32-7-16-44-99(78)120-109)94-41-13-20-48-103(94)129-104-49-21-14-42-95(104)118/h1-66H. The van der Waals surface area contributed by atoms with Crippen LogP contribution in [0.4, 0.5) is 0 Å². The van der Waals surface area contributed by atoms with Gasteiger partial charge in [0, 0.05) is 119 Å². The Morgan fingerprint density at radius 3 is 1.13 bits per heavy atom. The van der Waals surface area contributed by atoms with Gasteiger partial charge in [-0.3, -0.25) is 0 Å². The molecule has 4 aliphatic rings. The number of rotatable bonds is 9. The van der Waals surface area contributed by atoms with Crippen molar-refractivity contribution in [1.82, 2.24) is 39.9 Å². The average molecular weight is 1680 g/mol. The van der Waals surface area contributed by atoms with Crippen LogP contribution in [0.15, 0.2) is 405 Å². The van der Waals surface area contributed by atoms with Crippen molar-refractivity contribution in [3.8, 4) is 147 Å². The van der Waals surface area contributed by atoms with E-state index in [0.717, 1.165) is 198 Å². The van der Waals surface area contributed by atoms with Crippen molar-refractivity contribution in [2.75, 3.05) is 0 Å². The molecule has 11 nitrogen and oxygen atoms in total. The fourth-order valence-electron chi connectivity index (χ4n) is 21.6. The largest absolute Gasteiger partial charge is 0.457 e. The van der Waals surface area contributed by atoms with Crippen molar-refractivity contribution in [3.63, 3.8) is 0 Å². The number of para-hydroxylation sites is 7. The summed E-state index contributed by atoms with van der Waals surface area (Å²) in [5.41, 5.74) is 27.2. The third kappa shape index (κ3) is 10.5. The molecule has 0 saturated heterocycles. The zero-order valence-electron chi connectivity index (χ0n) is 69.3. The van der Waals surface area contributed by atoms with Crippen molar-refractivity contribution in [2.45, 2.75) is 10.8 Å². The van der Waals surface area contributed by atoms with E-state index in [0.29, 0.717) is 34.9 Å². The molecule has 6 aromatic heterocycles. The van der Waals surface area contributed by atoms with Gasteiger partial charge >= 0.3 is 0 Å². The molecule has 18 aromatic carbocycles. The van der Waals surface area contributed by atoms with Crippen molar-refractivity contribution in [2.24, 2.45) is 0 Å². The molecule has 130 heavy (non-hydrogen) atoms. The summed E-state index contributed by atoms with van der Waals surface area (Å²) >= 11 is 1.75. The summed E-state index contributed by atoms with van der Waals surface area (Å²) < 4.78 is 22.2. The van der Waals surface area contributed by atoms with Gasteiger partial charge in [0.15, 0.2) is 34.9 Å². The minimum Gasteiger partial charge on any atom is -0.457 e. The summed E-state index contributed by atoms with van der Waals surface area (Å²) in [7, 11) is 0. The summed E-state index contributed by atoms with van der Waals surface area (Å²) in [6.45, 7) is 0. The molecule has 2 aliphatic carbocycles. The van der Waals surface area contributed by atoms with Crippen LogP contribution in [0.1, 0.15) is 44.5 Å². The molecule has 24 aromatic rings. The first-order valence-corrected chi connectivity index (χ1v) is 44.6. The number of furan rings is 1. The van der Waals surface area contributed by atoms with Crippen molar-refractivity contribution in [1.29, 1.82) is 0 Å². The van der Waals surface area contributed by atoms with Crippen molar-refractivity contribution in [3.05, 3.63) is 445 Å². The number of hydrogen-bond donors (Lipinski definition) is 0. The molecule has 28 rings (SSSR count). The molecular formula is C118H66N8O3S. The molecule has 8 heterocycles. The minimum atomic E-state index is -0.631. The van der Waals surface area contributed by atoms with E-state index in [1.54, 1.807) is 11.3 Å². The lowest BCUT2D eigenvalue weighted by atomic mass is 9.66. The molecule has 2 aliphatic heterocycles. The molecule has 0 amide bonds. The Balaban J connectivity index is 0.538. The van der Waals surface area contributed by atoms with E-state index in [-0.39, 0.29) is 0 Å². The van der Waals surface area contributed by atoms with Crippen LogP contribution in [0.3, 0.4) is 0 Å². The predicted octanol–water partition coefficient (Wildman–Crippen LogP) is 29.7. The highest BCUT2D eigenvalue weighted by Gasteiger charge is 2.53. The second-order valence-electron chi connectivity index (χ2n) is 34.1. The SMILES string of the molecule is c1ccc(-c2nc(-c3ccc(-c4nc5ccccc5c5cc6c(cc45)-c4ccccc4C64c5ccccc5Oc5ccccc54)cc3)nc(-c3cccc4c3sc3ccc(-c5cccc(-c6nc(-c7ccc(-c8nc9ccccc9c9cc%10c(cc89)-c8ccccc8C%108c9ccccc9Oc9ccccc98)cc7)nc(-c7cccc8oc9ccccc9c78)n6)c5)cc34)n2)cc1. The zero-order chi connectivity index (χ0) is 85.0. The van der Waals surface area contributed by atoms with E-state index in [4.69, 9.17) is 53.8 Å². The van der Waals surface area contributed by atoms with Crippen LogP contribution in [0.25, 0.3) is 210 Å². The first-order chi connectivity index (χ1) is 64.4. The highest BCUT2D eigenvalue weighted by molar-refractivity contribution is 7.26. The first kappa shape index (κ1) is 72.3. The predicted molar refractivity (Wildman–Crippen MR) is 523 cm³/mol. The number of benzene rings is 18. The van der Waals surface area contributed by atoms with E-state index < -0.39 is 10.8 Å². The Morgan fingerprint density at radius 2 is 0.577 bits per heavy atom. The quantitative estimate of drug-likeness (QED) is 0.128. The third-order valence-corrected chi connectivity index (χ3v) is 28.5. The molecule has 0 atom stereocenters. The average Bonchev–Trinajstić information content (AvgIpc) is 1.53. The Bertz CT molecular complexity index is 8940. The lowest BCUT2D eigenvalue weighted by Crippen LogP contribution is -2.32. The summed E-state index contributed by atoms with van der Waals surface area (Å²) in [4.78, 5) is 43.5. The smallest absolute Gasteiger partial charge is 0.165 e. The Hall–Kier alpha value is -17.1. The second kappa shape index (κ2) is 27.7. The van der Waals surface area contributed by atoms with E-state index in [2.05, 4.69) is 352 Å². The number of pyridine rings is 2. The van der Waals surface area contributed by atoms with Gasteiger partial charge in [0.1, 0.15) is 34.2 Å². The van der Waals surface area contributed by atoms with Gasteiger partial charge in [0.2, 0.25) is 0 Å².